The zero-order chi connectivity index (χ0) is 16.0. The van der Waals surface area contributed by atoms with Gasteiger partial charge in [0.25, 0.3) is 0 Å². The Morgan fingerprint density at radius 2 is 1.90 bits per heavy atom. The van der Waals surface area contributed by atoms with Crippen LogP contribution in [0.15, 0.2) is 12.1 Å². The van der Waals surface area contributed by atoms with Crippen molar-refractivity contribution in [2.45, 2.75) is 44.9 Å². The topological polar surface area (TPSA) is 9.23 Å². The summed E-state index contributed by atoms with van der Waals surface area (Å²) in [5.41, 5.74) is -1.74. The Bertz CT molecular complexity index is 540. The molecule has 1 nitrogen and oxygen atoms in total. The zero-order valence-corrected chi connectivity index (χ0v) is 12.0. The molecule has 2 rings (SSSR count). The van der Waals surface area contributed by atoms with Gasteiger partial charge in [-0.3, -0.25) is 0 Å². The molecule has 0 saturated carbocycles. The third kappa shape index (κ3) is 2.43. The van der Waals surface area contributed by atoms with Gasteiger partial charge in [0.05, 0.1) is 6.61 Å². The molecule has 1 aromatic rings. The highest BCUT2D eigenvalue weighted by atomic mass is 19.4. The molecule has 1 saturated heterocycles. The normalized spacial score (nSPS) is 29.9. The van der Waals surface area contributed by atoms with E-state index in [0.29, 0.717) is 5.56 Å². The summed E-state index contributed by atoms with van der Waals surface area (Å²) in [7, 11) is 0. The van der Waals surface area contributed by atoms with Crippen LogP contribution in [0.25, 0.3) is 0 Å². The third-order valence-electron chi connectivity index (χ3n) is 4.58. The Hall–Kier alpha value is -1.17. The molecule has 1 fully saturated rings. The predicted molar refractivity (Wildman–Crippen MR) is 68.1 cm³/mol. The lowest BCUT2D eigenvalue weighted by Crippen LogP contribution is -2.46. The SMILES string of the molecule is CCc1c([C@@H]2CO[C@](C)(C(F)(F)F)[C@H]2C)ccc(F)c1F. The van der Waals surface area contributed by atoms with Crippen LogP contribution >= 0.6 is 0 Å². The van der Waals surface area contributed by atoms with Gasteiger partial charge in [0.2, 0.25) is 0 Å². The second-order valence-electron chi connectivity index (χ2n) is 5.59. The number of halogens is 5. The fourth-order valence-electron chi connectivity index (χ4n) is 2.94. The Labute approximate surface area is 120 Å². The van der Waals surface area contributed by atoms with E-state index in [2.05, 4.69) is 0 Å². The standard InChI is InChI=1S/C15H17F5O/c1-4-9-10(5-6-12(16)13(9)17)11-7-21-14(3,8(11)2)15(18,19)20/h5-6,8,11H,4,7H2,1-3H3/t8-,11+,14-/m0/s1. The van der Waals surface area contributed by atoms with Gasteiger partial charge in [-0.15, -0.1) is 0 Å². The van der Waals surface area contributed by atoms with Gasteiger partial charge in [-0.1, -0.05) is 19.9 Å². The van der Waals surface area contributed by atoms with Crippen molar-refractivity contribution in [1.29, 1.82) is 0 Å². The third-order valence-corrected chi connectivity index (χ3v) is 4.58. The minimum atomic E-state index is -4.51. The first kappa shape index (κ1) is 16.2. The summed E-state index contributed by atoms with van der Waals surface area (Å²) in [6, 6.07) is 2.32. The van der Waals surface area contributed by atoms with Crippen LogP contribution in [0.4, 0.5) is 22.0 Å². The van der Waals surface area contributed by atoms with Crippen molar-refractivity contribution in [3.63, 3.8) is 0 Å². The van der Waals surface area contributed by atoms with Crippen molar-refractivity contribution in [2.75, 3.05) is 6.61 Å². The zero-order valence-electron chi connectivity index (χ0n) is 12.0. The van der Waals surface area contributed by atoms with Gasteiger partial charge in [-0.05, 0) is 30.5 Å². The average molecular weight is 308 g/mol. The second kappa shape index (κ2) is 5.23. The molecule has 0 spiro atoms. The van der Waals surface area contributed by atoms with Crippen LogP contribution in [0.2, 0.25) is 0 Å². The predicted octanol–water partition coefficient (Wildman–Crippen LogP) is 4.60. The lowest BCUT2D eigenvalue weighted by Gasteiger charge is -2.32. The van der Waals surface area contributed by atoms with Crippen molar-refractivity contribution in [2.24, 2.45) is 5.92 Å². The minimum Gasteiger partial charge on any atom is -0.365 e. The second-order valence-corrected chi connectivity index (χ2v) is 5.59. The molecule has 0 amide bonds. The summed E-state index contributed by atoms with van der Waals surface area (Å²) in [5.74, 6) is -3.46. The van der Waals surface area contributed by atoms with Gasteiger partial charge >= 0.3 is 6.18 Å². The van der Waals surface area contributed by atoms with Crippen LogP contribution in [-0.4, -0.2) is 18.4 Å². The lowest BCUT2D eigenvalue weighted by atomic mass is 9.78. The van der Waals surface area contributed by atoms with Gasteiger partial charge in [-0.25, -0.2) is 8.78 Å². The summed E-state index contributed by atoms with van der Waals surface area (Å²) in [6.07, 6.45) is -4.29. The highest BCUT2D eigenvalue weighted by Crippen LogP contribution is 2.50. The number of rotatable bonds is 2. The summed E-state index contributed by atoms with van der Waals surface area (Å²) in [6.45, 7) is 3.93. The van der Waals surface area contributed by atoms with Gasteiger partial charge in [0.15, 0.2) is 17.2 Å². The molecule has 0 N–H and O–H groups in total. The molecule has 21 heavy (non-hydrogen) atoms. The number of alkyl halides is 3. The molecule has 1 heterocycles. The number of hydrogen-bond donors (Lipinski definition) is 0. The quantitative estimate of drug-likeness (QED) is 0.726. The van der Waals surface area contributed by atoms with Crippen LogP contribution in [-0.2, 0) is 11.2 Å². The Morgan fingerprint density at radius 1 is 1.29 bits per heavy atom. The summed E-state index contributed by atoms with van der Waals surface area (Å²) < 4.78 is 71.6. The number of hydrogen-bond acceptors (Lipinski definition) is 1. The molecule has 0 radical (unpaired) electrons. The summed E-state index contributed by atoms with van der Waals surface area (Å²) >= 11 is 0. The summed E-state index contributed by atoms with van der Waals surface area (Å²) in [4.78, 5) is 0. The fourth-order valence-corrected chi connectivity index (χ4v) is 2.94. The van der Waals surface area contributed by atoms with Crippen molar-refractivity contribution in [1.82, 2.24) is 0 Å². The maximum absolute atomic E-state index is 13.8. The van der Waals surface area contributed by atoms with Crippen molar-refractivity contribution < 1.29 is 26.7 Å². The molecule has 1 aromatic carbocycles. The van der Waals surface area contributed by atoms with E-state index >= 15 is 0 Å². The first-order valence-corrected chi connectivity index (χ1v) is 6.81. The number of ether oxygens (including phenoxy) is 1. The fraction of sp³-hybridized carbons (Fsp3) is 0.600. The van der Waals surface area contributed by atoms with Crippen molar-refractivity contribution in [3.05, 3.63) is 34.9 Å². The molecule has 6 heteroatoms. The molecule has 0 aromatic heterocycles. The first-order valence-electron chi connectivity index (χ1n) is 6.81. The van der Waals surface area contributed by atoms with Crippen molar-refractivity contribution in [3.8, 4) is 0 Å². The molecular formula is C15H17F5O. The average Bonchev–Trinajstić information content (AvgIpc) is 2.70. The Balaban J connectivity index is 2.44. The molecular weight excluding hydrogens is 291 g/mol. The van der Waals surface area contributed by atoms with Crippen LogP contribution in [0.3, 0.4) is 0 Å². The monoisotopic (exact) mass is 308 g/mol. The molecule has 0 bridgehead atoms. The lowest BCUT2D eigenvalue weighted by molar-refractivity contribution is -0.266. The number of benzene rings is 1. The van der Waals surface area contributed by atoms with E-state index in [-0.39, 0.29) is 18.6 Å². The van der Waals surface area contributed by atoms with E-state index in [1.807, 2.05) is 0 Å². The Morgan fingerprint density at radius 3 is 2.38 bits per heavy atom. The van der Waals surface area contributed by atoms with E-state index < -0.39 is 35.2 Å². The van der Waals surface area contributed by atoms with Crippen LogP contribution < -0.4 is 0 Å². The first-order chi connectivity index (χ1) is 9.63. The van der Waals surface area contributed by atoms with Gasteiger partial charge in [0.1, 0.15) is 0 Å². The van der Waals surface area contributed by atoms with Gasteiger partial charge < -0.3 is 4.74 Å². The van der Waals surface area contributed by atoms with Crippen molar-refractivity contribution >= 4 is 0 Å². The minimum absolute atomic E-state index is 0.127. The van der Waals surface area contributed by atoms with Gasteiger partial charge in [-0.2, -0.15) is 13.2 Å². The van der Waals surface area contributed by atoms with E-state index in [0.717, 1.165) is 13.0 Å². The molecule has 118 valence electrons. The van der Waals surface area contributed by atoms with E-state index in [1.54, 1.807) is 6.92 Å². The maximum Gasteiger partial charge on any atom is 0.417 e. The Kier molecular flexibility index (Phi) is 4.04. The highest BCUT2D eigenvalue weighted by Gasteiger charge is 2.61. The smallest absolute Gasteiger partial charge is 0.365 e. The van der Waals surface area contributed by atoms with Crippen LogP contribution in [0.5, 0.6) is 0 Å². The highest BCUT2D eigenvalue weighted by molar-refractivity contribution is 5.34. The molecule has 0 unspecified atom stereocenters. The summed E-state index contributed by atoms with van der Waals surface area (Å²) in [5, 5.41) is 0. The van der Waals surface area contributed by atoms with E-state index in [1.165, 1.54) is 13.0 Å². The largest absolute Gasteiger partial charge is 0.417 e. The molecule has 1 aliphatic heterocycles. The van der Waals surface area contributed by atoms with Crippen LogP contribution in [0.1, 0.15) is 37.8 Å². The van der Waals surface area contributed by atoms with Gasteiger partial charge in [0, 0.05) is 11.8 Å². The van der Waals surface area contributed by atoms with Crippen LogP contribution in [0, 0.1) is 17.6 Å². The molecule has 0 aliphatic carbocycles. The molecule has 3 atom stereocenters. The molecule has 1 aliphatic rings. The van der Waals surface area contributed by atoms with E-state index in [4.69, 9.17) is 4.74 Å². The van der Waals surface area contributed by atoms with E-state index in [9.17, 15) is 22.0 Å². The maximum atomic E-state index is 13.8.